The largest absolute Gasteiger partial charge is 0.519 e. The molecule has 0 amide bonds. The summed E-state index contributed by atoms with van der Waals surface area (Å²) in [5.41, 5.74) is 2.07. The van der Waals surface area contributed by atoms with Crippen LogP contribution in [0, 0.1) is 0 Å². The Kier molecular flexibility index (Phi) is 4.25. The lowest BCUT2D eigenvalue weighted by Gasteiger charge is -2.10. The summed E-state index contributed by atoms with van der Waals surface area (Å²) in [7, 11) is 0. The minimum atomic E-state index is -1.30. The summed E-state index contributed by atoms with van der Waals surface area (Å²) in [5.74, 6) is -1.50. The number of rotatable bonds is 5. The van der Waals surface area contributed by atoms with Crippen LogP contribution in [-0.4, -0.2) is 17.2 Å². The van der Waals surface area contributed by atoms with Crippen LogP contribution in [0.15, 0.2) is 62.2 Å². The van der Waals surface area contributed by atoms with Crippen LogP contribution in [-0.2, 0) is 22.6 Å². The highest BCUT2D eigenvalue weighted by atomic mass is 16.6. The molecule has 1 N–H and O–H groups in total. The lowest BCUT2D eigenvalue weighted by molar-refractivity contribution is -0.154. The first-order chi connectivity index (χ1) is 11.1. The highest BCUT2D eigenvalue weighted by molar-refractivity contribution is 5.75. The van der Waals surface area contributed by atoms with Crippen LogP contribution >= 0.6 is 0 Å². The molecule has 0 aliphatic rings. The van der Waals surface area contributed by atoms with Crippen molar-refractivity contribution in [3.8, 4) is 0 Å². The van der Waals surface area contributed by atoms with E-state index in [0.717, 1.165) is 5.56 Å². The number of aliphatic hydroxyl groups is 1. The van der Waals surface area contributed by atoms with Crippen molar-refractivity contribution in [2.45, 2.75) is 19.1 Å². The average Bonchev–Trinajstić information content (AvgIpc) is 2.92. The fraction of sp³-hybridized carbons (Fsp3) is 0.176. The fourth-order valence-corrected chi connectivity index (χ4v) is 2.18. The molecule has 118 valence electrons. The van der Waals surface area contributed by atoms with Gasteiger partial charge < -0.3 is 18.7 Å². The van der Waals surface area contributed by atoms with Gasteiger partial charge in [-0.3, -0.25) is 0 Å². The Morgan fingerprint density at radius 3 is 2.57 bits per heavy atom. The molecule has 2 aromatic carbocycles. The molecule has 1 unspecified atom stereocenters. The Labute approximate surface area is 130 Å². The van der Waals surface area contributed by atoms with Gasteiger partial charge in [-0.1, -0.05) is 36.4 Å². The average molecular weight is 314 g/mol. The van der Waals surface area contributed by atoms with Crippen LogP contribution < -0.4 is 5.82 Å². The summed E-state index contributed by atoms with van der Waals surface area (Å²) in [6.45, 7) is 0.104. The van der Waals surface area contributed by atoms with Crippen molar-refractivity contribution < 1.29 is 23.5 Å². The van der Waals surface area contributed by atoms with Gasteiger partial charge in [0.25, 0.3) is 0 Å². The molecule has 0 spiro atoms. The van der Waals surface area contributed by atoms with Crippen molar-refractivity contribution in [2.24, 2.45) is 0 Å². The maximum Gasteiger partial charge on any atom is 0.519 e. The van der Waals surface area contributed by atoms with E-state index in [9.17, 15) is 14.7 Å². The van der Waals surface area contributed by atoms with Gasteiger partial charge in [-0.05, 0) is 23.3 Å². The standard InChI is InChI=1S/C17H14O6/c18-13(16(19)21-10-11-4-2-1-3-5-11)8-12-6-7-14-15(9-12)23-17(20)22-14/h1-7,9,13,18H,8,10H2. The monoisotopic (exact) mass is 314 g/mol. The van der Waals surface area contributed by atoms with Crippen molar-refractivity contribution in [3.05, 3.63) is 70.3 Å². The smallest absolute Gasteiger partial charge is 0.459 e. The Hall–Kier alpha value is -2.86. The summed E-state index contributed by atoms with van der Waals surface area (Å²) < 4.78 is 14.7. The number of esters is 1. The molecule has 6 heteroatoms. The van der Waals surface area contributed by atoms with Crippen molar-refractivity contribution in [2.75, 3.05) is 0 Å². The zero-order chi connectivity index (χ0) is 16.2. The van der Waals surface area contributed by atoms with Crippen LogP contribution in [0.5, 0.6) is 0 Å². The molecule has 0 bridgehead atoms. The molecule has 1 atom stereocenters. The number of hydrogen-bond donors (Lipinski definition) is 1. The Bertz CT molecular complexity index is 861. The van der Waals surface area contributed by atoms with E-state index in [1.807, 2.05) is 30.3 Å². The molecule has 0 saturated carbocycles. The van der Waals surface area contributed by atoms with E-state index in [1.165, 1.54) is 0 Å². The summed E-state index contributed by atoms with van der Waals surface area (Å²) in [6.07, 6.45) is -1.24. The number of ether oxygens (including phenoxy) is 1. The van der Waals surface area contributed by atoms with E-state index in [-0.39, 0.29) is 18.6 Å². The zero-order valence-electron chi connectivity index (χ0n) is 12.1. The second kappa shape index (κ2) is 6.50. The summed E-state index contributed by atoms with van der Waals surface area (Å²) in [4.78, 5) is 22.8. The molecular formula is C17H14O6. The number of carbonyl (C=O) groups excluding carboxylic acids is 1. The second-order valence-corrected chi connectivity index (χ2v) is 5.05. The van der Waals surface area contributed by atoms with E-state index in [4.69, 9.17) is 13.6 Å². The molecule has 0 aliphatic heterocycles. The number of hydrogen-bond acceptors (Lipinski definition) is 6. The zero-order valence-corrected chi connectivity index (χ0v) is 12.1. The summed E-state index contributed by atoms with van der Waals surface area (Å²) >= 11 is 0. The van der Waals surface area contributed by atoms with Gasteiger partial charge in [-0.15, -0.1) is 0 Å². The van der Waals surface area contributed by atoms with Gasteiger partial charge in [-0.25, -0.2) is 9.59 Å². The first kappa shape index (κ1) is 15.1. The summed E-state index contributed by atoms with van der Waals surface area (Å²) in [6, 6.07) is 14.0. The highest BCUT2D eigenvalue weighted by Crippen LogP contribution is 2.16. The van der Waals surface area contributed by atoms with Crippen LogP contribution in [0.2, 0.25) is 0 Å². The van der Waals surface area contributed by atoms with Gasteiger partial charge in [0.1, 0.15) is 6.61 Å². The van der Waals surface area contributed by atoms with Crippen LogP contribution in [0.25, 0.3) is 11.2 Å². The Balaban J connectivity index is 1.61. The maximum atomic E-state index is 11.8. The van der Waals surface area contributed by atoms with E-state index in [2.05, 4.69) is 0 Å². The minimum Gasteiger partial charge on any atom is -0.459 e. The third kappa shape index (κ3) is 3.67. The predicted octanol–water partition coefficient (Wildman–Crippen LogP) is 2.03. The Morgan fingerprint density at radius 2 is 1.78 bits per heavy atom. The number of fused-ring (bicyclic) bond motifs is 1. The van der Waals surface area contributed by atoms with Crippen molar-refractivity contribution in [1.82, 2.24) is 0 Å². The molecule has 0 saturated heterocycles. The number of carbonyl (C=O) groups is 1. The van der Waals surface area contributed by atoms with Gasteiger partial charge >= 0.3 is 11.8 Å². The van der Waals surface area contributed by atoms with Gasteiger partial charge in [0, 0.05) is 6.42 Å². The van der Waals surface area contributed by atoms with E-state index in [1.54, 1.807) is 18.2 Å². The van der Waals surface area contributed by atoms with Gasteiger partial charge in [0.2, 0.25) is 0 Å². The lowest BCUT2D eigenvalue weighted by atomic mass is 10.1. The molecule has 3 rings (SSSR count). The second-order valence-electron chi connectivity index (χ2n) is 5.05. The van der Waals surface area contributed by atoms with E-state index in [0.29, 0.717) is 11.1 Å². The molecule has 0 fully saturated rings. The molecule has 0 aliphatic carbocycles. The third-order valence-electron chi connectivity index (χ3n) is 3.32. The van der Waals surface area contributed by atoms with Crippen molar-refractivity contribution in [1.29, 1.82) is 0 Å². The van der Waals surface area contributed by atoms with Crippen molar-refractivity contribution in [3.63, 3.8) is 0 Å². The first-order valence-electron chi connectivity index (χ1n) is 7.03. The van der Waals surface area contributed by atoms with Gasteiger partial charge in [-0.2, -0.15) is 0 Å². The molecular weight excluding hydrogens is 300 g/mol. The minimum absolute atomic E-state index is 0.0540. The molecule has 6 nitrogen and oxygen atoms in total. The summed E-state index contributed by atoms with van der Waals surface area (Å²) in [5, 5.41) is 9.94. The SMILES string of the molecule is O=C(OCc1ccccc1)C(O)Cc1ccc2oc(=O)oc2c1. The molecule has 23 heavy (non-hydrogen) atoms. The fourth-order valence-electron chi connectivity index (χ4n) is 2.18. The third-order valence-corrected chi connectivity index (χ3v) is 3.32. The molecule has 1 aromatic heterocycles. The topological polar surface area (TPSA) is 89.9 Å². The van der Waals surface area contributed by atoms with Crippen molar-refractivity contribution >= 4 is 17.1 Å². The number of aliphatic hydroxyl groups excluding tert-OH is 1. The van der Waals surface area contributed by atoms with Crippen LogP contribution in [0.4, 0.5) is 0 Å². The first-order valence-corrected chi connectivity index (χ1v) is 7.03. The quantitative estimate of drug-likeness (QED) is 0.725. The molecule has 3 aromatic rings. The highest BCUT2D eigenvalue weighted by Gasteiger charge is 2.18. The lowest BCUT2D eigenvalue weighted by Crippen LogP contribution is -2.25. The van der Waals surface area contributed by atoms with Crippen LogP contribution in [0.3, 0.4) is 0 Å². The van der Waals surface area contributed by atoms with Gasteiger partial charge in [0.15, 0.2) is 17.3 Å². The number of benzene rings is 2. The maximum absolute atomic E-state index is 11.8. The molecule has 1 heterocycles. The molecule has 0 radical (unpaired) electrons. The Morgan fingerprint density at radius 1 is 1.04 bits per heavy atom. The van der Waals surface area contributed by atoms with E-state index < -0.39 is 17.9 Å². The van der Waals surface area contributed by atoms with E-state index >= 15 is 0 Å². The van der Waals surface area contributed by atoms with Crippen LogP contribution in [0.1, 0.15) is 11.1 Å². The van der Waals surface area contributed by atoms with Gasteiger partial charge in [0.05, 0.1) is 0 Å². The normalized spacial score (nSPS) is 12.2. The predicted molar refractivity (Wildman–Crippen MR) is 80.7 cm³/mol.